The molecule has 1 saturated heterocycles. The number of methoxy groups -OCH3 is 1. The zero-order valence-electron chi connectivity index (χ0n) is 21.6. The Hall–Kier alpha value is -4.12. The minimum absolute atomic E-state index is 0.496. The number of nitrogens with one attached hydrogen (secondary N) is 2. The number of rotatable bonds is 7. The van der Waals surface area contributed by atoms with E-state index in [1.165, 1.54) is 5.56 Å². The lowest BCUT2D eigenvalue weighted by molar-refractivity contribution is 0.147. The SMILES string of the molecule is COc1cc(C=Cc2cncc(C#N)c2Nc2ccc3[nH]ccc3c2C)ccc1CN1CCN(C)CC1. The monoisotopic (exact) mass is 492 g/mol. The molecule has 4 aromatic rings. The smallest absolute Gasteiger partial charge is 0.123 e. The molecule has 0 aliphatic carbocycles. The second-order valence-corrected chi connectivity index (χ2v) is 9.55. The fourth-order valence-electron chi connectivity index (χ4n) is 4.81. The van der Waals surface area contributed by atoms with E-state index in [-0.39, 0.29) is 0 Å². The maximum Gasteiger partial charge on any atom is 0.123 e. The number of fused-ring (bicyclic) bond motifs is 1. The Morgan fingerprint density at radius 1 is 1.11 bits per heavy atom. The molecule has 2 aromatic carbocycles. The fourth-order valence-corrected chi connectivity index (χ4v) is 4.81. The van der Waals surface area contributed by atoms with E-state index in [4.69, 9.17) is 4.74 Å². The van der Waals surface area contributed by atoms with E-state index in [0.717, 1.165) is 77.4 Å². The summed E-state index contributed by atoms with van der Waals surface area (Å²) in [6, 6.07) is 14.8. The van der Waals surface area contributed by atoms with Crippen LogP contribution in [0, 0.1) is 18.3 Å². The highest BCUT2D eigenvalue weighted by Crippen LogP contribution is 2.31. The number of aromatic nitrogens is 2. The maximum absolute atomic E-state index is 9.78. The second kappa shape index (κ2) is 10.9. The first-order valence-electron chi connectivity index (χ1n) is 12.5. The van der Waals surface area contributed by atoms with Crippen molar-refractivity contribution < 1.29 is 4.74 Å². The summed E-state index contributed by atoms with van der Waals surface area (Å²) in [5, 5.41) is 14.4. The van der Waals surface area contributed by atoms with Crippen LogP contribution >= 0.6 is 0 Å². The molecule has 7 nitrogen and oxygen atoms in total. The van der Waals surface area contributed by atoms with Crippen molar-refractivity contribution >= 4 is 34.4 Å². The minimum Gasteiger partial charge on any atom is -0.496 e. The molecule has 2 N–H and O–H groups in total. The summed E-state index contributed by atoms with van der Waals surface area (Å²) < 4.78 is 5.74. The molecule has 188 valence electrons. The molecule has 0 atom stereocenters. The third-order valence-electron chi connectivity index (χ3n) is 7.12. The second-order valence-electron chi connectivity index (χ2n) is 9.55. The summed E-state index contributed by atoms with van der Waals surface area (Å²) in [5.74, 6) is 0.888. The molecule has 0 saturated carbocycles. The molecule has 1 aliphatic rings. The quantitative estimate of drug-likeness (QED) is 0.359. The number of H-pyrrole nitrogens is 1. The van der Waals surface area contributed by atoms with Gasteiger partial charge in [-0.25, -0.2) is 0 Å². The van der Waals surface area contributed by atoms with E-state index in [9.17, 15) is 5.26 Å². The zero-order chi connectivity index (χ0) is 25.8. The van der Waals surface area contributed by atoms with Crippen LogP contribution in [0.15, 0.2) is 55.0 Å². The molecular formula is C30H32N6O. The Morgan fingerprint density at radius 2 is 1.95 bits per heavy atom. The molecule has 0 spiro atoms. The van der Waals surface area contributed by atoms with Crippen molar-refractivity contribution in [2.75, 3.05) is 45.7 Å². The number of nitriles is 1. The van der Waals surface area contributed by atoms with Crippen molar-refractivity contribution in [2.45, 2.75) is 13.5 Å². The minimum atomic E-state index is 0.496. The van der Waals surface area contributed by atoms with Crippen molar-refractivity contribution in [3.63, 3.8) is 0 Å². The highest BCUT2D eigenvalue weighted by atomic mass is 16.5. The molecule has 0 unspecified atom stereocenters. The van der Waals surface area contributed by atoms with Crippen molar-refractivity contribution in [3.8, 4) is 11.8 Å². The highest BCUT2D eigenvalue weighted by Gasteiger charge is 2.16. The molecule has 3 heterocycles. The standard InChI is InChI=1S/C30H32N6O/c1-21-26-10-11-33-28(26)9-8-27(21)34-30-23(18-32-19-25(30)17-31)6-4-22-5-7-24(29(16-22)37-3)20-36-14-12-35(2)13-15-36/h4-11,16,18-19,33H,12-15,20H2,1-3H3,(H,32,34). The number of aromatic amines is 1. The van der Waals surface area contributed by atoms with Crippen molar-refractivity contribution in [2.24, 2.45) is 0 Å². The van der Waals surface area contributed by atoms with Crippen molar-refractivity contribution in [1.82, 2.24) is 19.8 Å². The number of hydrogen-bond acceptors (Lipinski definition) is 6. The van der Waals surface area contributed by atoms with Gasteiger partial charge in [0.15, 0.2) is 0 Å². The summed E-state index contributed by atoms with van der Waals surface area (Å²) in [6.07, 6.45) is 9.35. The van der Waals surface area contributed by atoms with Gasteiger partial charge in [0, 0.05) is 79.0 Å². The van der Waals surface area contributed by atoms with E-state index in [0.29, 0.717) is 5.56 Å². The molecule has 5 rings (SSSR count). The normalized spacial score (nSPS) is 14.8. The molecule has 7 heteroatoms. The van der Waals surface area contributed by atoms with Crippen LogP contribution in [0.25, 0.3) is 23.1 Å². The number of likely N-dealkylation sites (N-methyl/N-ethyl adjacent to an activating group) is 1. The van der Waals surface area contributed by atoms with Gasteiger partial charge in [-0.1, -0.05) is 24.3 Å². The lowest BCUT2D eigenvalue weighted by atomic mass is 10.1. The first-order chi connectivity index (χ1) is 18.1. The molecule has 0 radical (unpaired) electrons. The van der Waals surface area contributed by atoms with Crippen LogP contribution in [-0.4, -0.2) is 60.1 Å². The number of ether oxygens (including phenoxy) is 1. The summed E-state index contributed by atoms with van der Waals surface area (Å²) in [4.78, 5) is 12.4. The van der Waals surface area contributed by atoms with Crippen LogP contribution in [0.4, 0.5) is 11.4 Å². The predicted molar refractivity (Wildman–Crippen MR) is 150 cm³/mol. The Bertz CT molecular complexity index is 1470. The van der Waals surface area contributed by atoms with Gasteiger partial charge in [0.1, 0.15) is 11.8 Å². The topological polar surface area (TPSA) is 80.2 Å². The fraction of sp³-hybridized carbons (Fsp3) is 0.267. The molecule has 0 amide bonds. The van der Waals surface area contributed by atoms with Crippen LogP contribution in [0.5, 0.6) is 5.75 Å². The van der Waals surface area contributed by atoms with Crippen LogP contribution in [-0.2, 0) is 6.54 Å². The van der Waals surface area contributed by atoms with Gasteiger partial charge in [-0.3, -0.25) is 9.88 Å². The van der Waals surface area contributed by atoms with Gasteiger partial charge in [0.05, 0.1) is 18.4 Å². The molecular weight excluding hydrogens is 460 g/mol. The van der Waals surface area contributed by atoms with E-state index in [2.05, 4.69) is 69.4 Å². The van der Waals surface area contributed by atoms with E-state index in [1.807, 2.05) is 30.5 Å². The molecule has 2 aromatic heterocycles. The maximum atomic E-state index is 9.78. The van der Waals surface area contributed by atoms with E-state index >= 15 is 0 Å². The third kappa shape index (κ3) is 5.36. The van der Waals surface area contributed by atoms with Gasteiger partial charge in [0.2, 0.25) is 0 Å². The van der Waals surface area contributed by atoms with Crippen molar-refractivity contribution in [3.05, 3.63) is 82.8 Å². The third-order valence-corrected chi connectivity index (χ3v) is 7.12. The van der Waals surface area contributed by atoms with Gasteiger partial charge in [0.25, 0.3) is 0 Å². The first-order valence-corrected chi connectivity index (χ1v) is 12.5. The van der Waals surface area contributed by atoms with Crippen LogP contribution in [0.2, 0.25) is 0 Å². The molecule has 0 bridgehead atoms. The number of pyridine rings is 1. The highest BCUT2D eigenvalue weighted by molar-refractivity contribution is 5.90. The van der Waals surface area contributed by atoms with Gasteiger partial charge in [-0.2, -0.15) is 5.26 Å². The number of nitrogens with zero attached hydrogens (tertiary/aromatic N) is 4. The Kier molecular flexibility index (Phi) is 7.22. The van der Waals surface area contributed by atoms with Gasteiger partial charge < -0.3 is 19.9 Å². The Morgan fingerprint density at radius 3 is 2.73 bits per heavy atom. The number of benzene rings is 2. The van der Waals surface area contributed by atoms with Gasteiger partial charge >= 0.3 is 0 Å². The zero-order valence-corrected chi connectivity index (χ0v) is 21.6. The van der Waals surface area contributed by atoms with Gasteiger partial charge in [-0.05, 0) is 49.4 Å². The number of piperazine rings is 1. The van der Waals surface area contributed by atoms with Crippen LogP contribution in [0.3, 0.4) is 0 Å². The van der Waals surface area contributed by atoms with Gasteiger partial charge in [-0.15, -0.1) is 0 Å². The number of anilines is 2. The van der Waals surface area contributed by atoms with E-state index in [1.54, 1.807) is 19.5 Å². The molecule has 1 aliphatic heterocycles. The summed E-state index contributed by atoms with van der Waals surface area (Å²) in [5.41, 5.74) is 7.46. The van der Waals surface area contributed by atoms with Crippen molar-refractivity contribution in [1.29, 1.82) is 5.26 Å². The average Bonchev–Trinajstić information content (AvgIpc) is 3.41. The largest absolute Gasteiger partial charge is 0.496 e. The van der Waals surface area contributed by atoms with E-state index < -0.39 is 0 Å². The molecule has 37 heavy (non-hydrogen) atoms. The average molecular weight is 493 g/mol. The summed E-state index contributed by atoms with van der Waals surface area (Å²) in [7, 11) is 3.89. The summed E-state index contributed by atoms with van der Waals surface area (Å²) >= 11 is 0. The van der Waals surface area contributed by atoms with Crippen LogP contribution in [0.1, 0.15) is 27.8 Å². The molecule has 1 fully saturated rings. The Balaban J connectivity index is 1.40. The lowest BCUT2D eigenvalue weighted by Crippen LogP contribution is -2.43. The van der Waals surface area contributed by atoms with Crippen LogP contribution < -0.4 is 10.1 Å². The predicted octanol–water partition coefficient (Wildman–Crippen LogP) is 5.41. The lowest BCUT2D eigenvalue weighted by Gasteiger charge is -2.32. The Labute approximate surface area is 218 Å². The number of hydrogen-bond donors (Lipinski definition) is 2. The summed E-state index contributed by atoms with van der Waals surface area (Å²) in [6.45, 7) is 7.28. The number of aryl methyl sites for hydroxylation is 1. The first kappa shape index (κ1) is 24.6.